The number of nitrogens with one attached hydrogen (secondary N) is 2. The Morgan fingerprint density at radius 1 is 1.29 bits per heavy atom. The molecule has 132 valence electrons. The molecule has 1 atom stereocenters. The van der Waals surface area contributed by atoms with E-state index >= 15 is 0 Å². The maximum Gasteiger partial charge on any atom is 0.315 e. The van der Waals surface area contributed by atoms with Crippen molar-refractivity contribution >= 4 is 6.03 Å². The number of hydrogen-bond acceptors (Lipinski definition) is 4. The van der Waals surface area contributed by atoms with Gasteiger partial charge in [-0.2, -0.15) is 0 Å². The van der Waals surface area contributed by atoms with E-state index in [0.29, 0.717) is 6.54 Å². The number of carbonyl (C=O) groups is 1. The number of urea groups is 1. The van der Waals surface area contributed by atoms with Gasteiger partial charge < -0.3 is 25.0 Å². The number of likely N-dealkylation sites (N-methyl/N-ethyl adjacent to an activating group) is 1. The largest absolute Gasteiger partial charge is 0.493 e. The molecule has 0 saturated carbocycles. The summed E-state index contributed by atoms with van der Waals surface area (Å²) in [5.74, 6) is 0.987. The molecule has 24 heavy (non-hydrogen) atoms. The average molecular weight is 333 g/mol. The number of nitrogens with zero attached hydrogens (tertiary/aromatic N) is 1. The van der Waals surface area contributed by atoms with Crippen LogP contribution in [0.4, 0.5) is 4.79 Å². The lowest BCUT2D eigenvalue weighted by Gasteiger charge is -2.27. The molecular weight excluding hydrogens is 306 g/mol. The summed E-state index contributed by atoms with van der Waals surface area (Å²) in [4.78, 5) is 14.3. The Hall–Kier alpha value is -1.79. The van der Waals surface area contributed by atoms with Crippen molar-refractivity contribution in [3.63, 3.8) is 0 Å². The zero-order valence-corrected chi connectivity index (χ0v) is 14.5. The fraction of sp³-hybridized carbons (Fsp3) is 0.611. The second-order valence-electron chi connectivity index (χ2n) is 6.69. The maximum atomic E-state index is 12.2. The van der Waals surface area contributed by atoms with Gasteiger partial charge in [0.2, 0.25) is 0 Å². The first-order valence-corrected chi connectivity index (χ1v) is 8.67. The predicted octanol–water partition coefficient (Wildman–Crippen LogP) is 1.70. The SMILES string of the molecule is CN(C)C(CNC(=O)NC1CCOCC1)c1ccc2c(c1)CCO2. The van der Waals surface area contributed by atoms with E-state index in [1.54, 1.807) is 0 Å². The topological polar surface area (TPSA) is 62.8 Å². The Labute approximate surface area is 143 Å². The van der Waals surface area contributed by atoms with Gasteiger partial charge in [0.15, 0.2) is 0 Å². The highest BCUT2D eigenvalue weighted by molar-refractivity contribution is 5.74. The van der Waals surface area contributed by atoms with E-state index in [-0.39, 0.29) is 18.1 Å². The molecule has 2 aliphatic heterocycles. The molecular formula is C18H27N3O3. The molecule has 0 radical (unpaired) electrons. The van der Waals surface area contributed by atoms with Crippen molar-refractivity contribution in [2.75, 3.05) is 40.5 Å². The summed E-state index contributed by atoms with van der Waals surface area (Å²) in [6.07, 6.45) is 2.73. The molecule has 2 N–H and O–H groups in total. The van der Waals surface area contributed by atoms with Crippen molar-refractivity contribution in [1.82, 2.24) is 15.5 Å². The van der Waals surface area contributed by atoms with E-state index in [1.165, 1.54) is 11.1 Å². The molecule has 1 unspecified atom stereocenters. The molecule has 3 rings (SSSR count). The van der Waals surface area contributed by atoms with Crippen LogP contribution in [0.15, 0.2) is 18.2 Å². The number of fused-ring (bicyclic) bond motifs is 1. The molecule has 1 saturated heterocycles. The van der Waals surface area contributed by atoms with Gasteiger partial charge in [-0.25, -0.2) is 4.79 Å². The van der Waals surface area contributed by atoms with Gasteiger partial charge in [-0.05, 0) is 44.1 Å². The number of ether oxygens (including phenoxy) is 2. The van der Waals surface area contributed by atoms with Crippen molar-refractivity contribution in [3.8, 4) is 5.75 Å². The van der Waals surface area contributed by atoms with E-state index in [9.17, 15) is 4.79 Å². The molecule has 0 spiro atoms. The summed E-state index contributed by atoms with van der Waals surface area (Å²) in [5.41, 5.74) is 2.46. The standard InChI is InChI=1S/C18H27N3O3/c1-21(2)16(13-3-4-17-14(11-13)5-10-24-17)12-19-18(22)20-15-6-8-23-9-7-15/h3-4,11,15-16H,5-10,12H2,1-2H3,(H2,19,20,22). The van der Waals surface area contributed by atoms with Gasteiger partial charge in [0.1, 0.15) is 5.75 Å². The highest BCUT2D eigenvalue weighted by Gasteiger charge is 2.20. The third-order valence-corrected chi connectivity index (χ3v) is 4.73. The molecule has 1 fully saturated rings. The molecule has 0 aliphatic carbocycles. The molecule has 2 amide bonds. The van der Waals surface area contributed by atoms with Crippen molar-refractivity contribution in [2.24, 2.45) is 0 Å². The summed E-state index contributed by atoms with van der Waals surface area (Å²) in [5, 5.41) is 6.05. The Kier molecular flexibility index (Phi) is 5.58. The van der Waals surface area contributed by atoms with Gasteiger partial charge in [0.05, 0.1) is 12.6 Å². The second-order valence-corrected chi connectivity index (χ2v) is 6.69. The summed E-state index contributed by atoms with van der Waals surface area (Å²) in [6.45, 7) is 2.78. The third-order valence-electron chi connectivity index (χ3n) is 4.73. The first kappa shape index (κ1) is 17.0. The lowest BCUT2D eigenvalue weighted by atomic mass is 10.0. The smallest absolute Gasteiger partial charge is 0.315 e. The van der Waals surface area contributed by atoms with Gasteiger partial charge in [-0.15, -0.1) is 0 Å². The molecule has 0 aromatic heterocycles. The molecule has 2 heterocycles. The second kappa shape index (κ2) is 7.85. The van der Waals surface area contributed by atoms with Crippen LogP contribution < -0.4 is 15.4 Å². The Morgan fingerprint density at radius 2 is 2.08 bits per heavy atom. The van der Waals surface area contributed by atoms with Crippen molar-refractivity contribution < 1.29 is 14.3 Å². The van der Waals surface area contributed by atoms with Crippen LogP contribution in [0.5, 0.6) is 5.75 Å². The minimum atomic E-state index is -0.0988. The van der Waals surface area contributed by atoms with E-state index in [1.807, 2.05) is 20.2 Å². The molecule has 1 aromatic carbocycles. The quantitative estimate of drug-likeness (QED) is 0.861. The number of rotatable bonds is 5. The Morgan fingerprint density at radius 3 is 2.83 bits per heavy atom. The molecule has 6 heteroatoms. The summed E-state index contributed by atoms with van der Waals surface area (Å²) >= 11 is 0. The van der Waals surface area contributed by atoms with Crippen LogP contribution in [-0.2, 0) is 11.2 Å². The predicted molar refractivity (Wildman–Crippen MR) is 92.4 cm³/mol. The van der Waals surface area contributed by atoms with E-state index in [4.69, 9.17) is 9.47 Å². The van der Waals surface area contributed by atoms with E-state index in [0.717, 1.165) is 44.8 Å². The van der Waals surface area contributed by atoms with Gasteiger partial charge >= 0.3 is 6.03 Å². The molecule has 1 aromatic rings. The number of amides is 2. The fourth-order valence-electron chi connectivity index (χ4n) is 3.28. The van der Waals surface area contributed by atoms with Crippen LogP contribution >= 0.6 is 0 Å². The van der Waals surface area contributed by atoms with Crippen molar-refractivity contribution in [1.29, 1.82) is 0 Å². The van der Waals surface area contributed by atoms with Crippen LogP contribution in [-0.4, -0.2) is 57.4 Å². The highest BCUT2D eigenvalue weighted by atomic mass is 16.5. The summed E-state index contributed by atoms with van der Waals surface area (Å²) < 4.78 is 10.9. The summed E-state index contributed by atoms with van der Waals surface area (Å²) in [6, 6.07) is 6.58. The van der Waals surface area contributed by atoms with Gasteiger partial charge in [0.25, 0.3) is 0 Å². The lowest BCUT2D eigenvalue weighted by molar-refractivity contribution is 0.0800. The third kappa shape index (κ3) is 4.19. The van der Waals surface area contributed by atoms with Gasteiger partial charge in [-0.1, -0.05) is 12.1 Å². The number of benzene rings is 1. The maximum absolute atomic E-state index is 12.2. The van der Waals surface area contributed by atoms with Crippen molar-refractivity contribution in [2.45, 2.75) is 31.3 Å². The zero-order chi connectivity index (χ0) is 16.9. The van der Waals surface area contributed by atoms with Gasteiger partial charge in [0, 0.05) is 32.2 Å². The van der Waals surface area contributed by atoms with Gasteiger partial charge in [-0.3, -0.25) is 0 Å². The Balaban J connectivity index is 1.57. The normalized spacial score (nSPS) is 18.8. The highest BCUT2D eigenvalue weighted by Crippen LogP contribution is 2.29. The van der Waals surface area contributed by atoms with Crippen LogP contribution in [0.1, 0.15) is 30.0 Å². The fourth-order valence-corrected chi connectivity index (χ4v) is 3.28. The van der Waals surface area contributed by atoms with E-state index in [2.05, 4.69) is 27.7 Å². The Bertz CT molecular complexity index is 571. The lowest BCUT2D eigenvalue weighted by Crippen LogP contribution is -2.46. The van der Waals surface area contributed by atoms with Crippen LogP contribution in [0, 0.1) is 0 Å². The number of carbonyl (C=O) groups excluding carboxylic acids is 1. The first-order chi connectivity index (χ1) is 11.6. The van der Waals surface area contributed by atoms with E-state index < -0.39 is 0 Å². The zero-order valence-electron chi connectivity index (χ0n) is 14.5. The first-order valence-electron chi connectivity index (χ1n) is 8.67. The molecule has 0 bridgehead atoms. The van der Waals surface area contributed by atoms with Crippen molar-refractivity contribution in [3.05, 3.63) is 29.3 Å². The average Bonchev–Trinajstić information content (AvgIpc) is 3.03. The minimum absolute atomic E-state index is 0.0988. The number of hydrogen-bond donors (Lipinski definition) is 2. The molecule has 2 aliphatic rings. The van der Waals surface area contributed by atoms with Crippen LogP contribution in [0.2, 0.25) is 0 Å². The summed E-state index contributed by atoms with van der Waals surface area (Å²) in [7, 11) is 4.07. The van der Waals surface area contributed by atoms with Crippen LogP contribution in [0.3, 0.4) is 0 Å². The van der Waals surface area contributed by atoms with Crippen LogP contribution in [0.25, 0.3) is 0 Å². The molecule has 6 nitrogen and oxygen atoms in total. The monoisotopic (exact) mass is 333 g/mol. The minimum Gasteiger partial charge on any atom is -0.493 e.